The van der Waals surface area contributed by atoms with Crippen molar-refractivity contribution >= 4 is 33.2 Å². The molecule has 0 spiro atoms. The second kappa shape index (κ2) is 12.5. The highest BCUT2D eigenvalue weighted by Crippen LogP contribution is 2.35. The van der Waals surface area contributed by atoms with Crippen LogP contribution in [-0.4, -0.2) is 24.3 Å². The predicted octanol–water partition coefficient (Wildman–Crippen LogP) is 6.52. The third kappa shape index (κ3) is 7.01. The van der Waals surface area contributed by atoms with Gasteiger partial charge in [0.2, 0.25) is 15.9 Å². The molecule has 1 aliphatic carbocycles. The molecule has 3 aromatic carbocycles. The van der Waals surface area contributed by atoms with Crippen LogP contribution < -0.4 is 9.62 Å². The molecule has 0 unspecified atom stereocenters. The Morgan fingerprint density at radius 3 is 2.54 bits per heavy atom. The topological polar surface area (TPSA) is 92.3 Å². The number of carbonyl (C=O) groups is 1. The molecule has 1 heterocycles. The van der Waals surface area contributed by atoms with E-state index in [0.717, 1.165) is 35.1 Å². The number of hydrogen-bond acceptors (Lipinski definition) is 5. The van der Waals surface area contributed by atoms with Crippen LogP contribution in [0.5, 0.6) is 0 Å². The van der Waals surface area contributed by atoms with Crippen molar-refractivity contribution in [1.29, 1.82) is 0 Å². The quantitative estimate of drug-likeness (QED) is 0.240. The van der Waals surface area contributed by atoms with Gasteiger partial charge in [0.05, 0.1) is 11.4 Å². The molecule has 7 nitrogen and oxygen atoms in total. The number of nitrogens with zero attached hydrogens (tertiary/aromatic N) is 3. The zero-order valence-electron chi connectivity index (χ0n) is 23.1. The molecule has 1 N–H and O–H groups in total. The van der Waals surface area contributed by atoms with E-state index in [0.29, 0.717) is 35.9 Å². The van der Waals surface area contributed by atoms with E-state index in [1.807, 2.05) is 62.4 Å². The minimum Gasteiger partial charge on any atom is -0.308 e. The van der Waals surface area contributed by atoms with Gasteiger partial charge < -0.3 is 4.90 Å². The van der Waals surface area contributed by atoms with E-state index in [1.165, 1.54) is 12.1 Å². The minimum atomic E-state index is -3.81. The second-order valence-corrected chi connectivity index (χ2v) is 12.7. The van der Waals surface area contributed by atoms with Crippen LogP contribution in [0, 0.1) is 6.92 Å². The van der Waals surface area contributed by atoms with Crippen molar-refractivity contribution in [2.45, 2.75) is 62.9 Å². The number of halogens is 1. The number of nitrogens with one attached hydrogen (secondary N) is 1. The van der Waals surface area contributed by atoms with E-state index < -0.39 is 16.1 Å². The summed E-state index contributed by atoms with van der Waals surface area (Å²) >= 11 is 6.07. The SMILES string of the molecule is Cc1ncc(CN(C(=O)C[C@@H](C)c2ccccc2)c2ccc3c(c2)[C@H](NS(=O)(=O)c2cccc(Cl)c2)CCC3)cn1. The first-order valence-corrected chi connectivity index (χ1v) is 15.6. The lowest BCUT2D eigenvalue weighted by Gasteiger charge is -2.30. The van der Waals surface area contributed by atoms with Crippen molar-refractivity contribution in [2.75, 3.05) is 4.90 Å². The first-order chi connectivity index (χ1) is 19.7. The number of fused-ring (bicyclic) bond motifs is 1. The number of amides is 1. The molecule has 1 amide bonds. The Morgan fingerprint density at radius 1 is 1.05 bits per heavy atom. The van der Waals surface area contributed by atoms with Crippen LogP contribution in [-0.2, 0) is 27.8 Å². The number of rotatable bonds is 9. The molecule has 1 aliphatic rings. The number of sulfonamides is 1. The summed E-state index contributed by atoms with van der Waals surface area (Å²) in [5.41, 5.74) is 4.58. The zero-order valence-corrected chi connectivity index (χ0v) is 24.7. The van der Waals surface area contributed by atoms with Gasteiger partial charge in [0.15, 0.2) is 0 Å². The van der Waals surface area contributed by atoms with Crippen LogP contribution in [0.4, 0.5) is 5.69 Å². The summed E-state index contributed by atoms with van der Waals surface area (Å²) < 4.78 is 29.4. The van der Waals surface area contributed by atoms with Gasteiger partial charge in [0.25, 0.3) is 0 Å². The molecule has 0 saturated carbocycles. The number of benzene rings is 3. The minimum absolute atomic E-state index is 0.0235. The molecule has 4 aromatic rings. The zero-order chi connectivity index (χ0) is 29.0. The fourth-order valence-electron chi connectivity index (χ4n) is 5.24. The van der Waals surface area contributed by atoms with E-state index in [4.69, 9.17) is 11.6 Å². The number of anilines is 1. The predicted molar refractivity (Wildman–Crippen MR) is 161 cm³/mol. The highest BCUT2D eigenvalue weighted by Gasteiger charge is 2.28. The summed E-state index contributed by atoms with van der Waals surface area (Å²) in [6.45, 7) is 4.18. The van der Waals surface area contributed by atoms with Crippen LogP contribution in [0.2, 0.25) is 5.02 Å². The third-order valence-corrected chi connectivity index (χ3v) is 9.19. The third-order valence-electron chi connectivity index (χ3n) is 7.48. The Morgan fingerprint density at radius 2 is 1.80 bits per heavy atom. The van der Waals surface area contributed by atoms with E-state index in [9.17, 15) is 13.2 Å². The molecular formula is C32H33ClN4O3S. The summed E-state index contributed by atoms with van der Waals surface area (Å²) in [5, 5.41) is 0.359. The first kappa shape index (κ1) is 28.9. The van der Waals surface area contributed by atoms with Gasteiger partial charge in [-0.1, -0.05) is 61.0 Å². The van der Waals surface area contributed by atoms with Gasteiger partial charge in [0, 0.05) is 41.1 Å². The number of aryl methyl sites for hydroxylation is 2. The van der Waals surface area contributed by atoms with Crippen molar-refractivity contribution < 1.29 is 13.2 Å². The van der Waals surface area contributed by atoms with E-state index in [1.54, 1.807) is 29.4 Å². The lowest BCUT2D eigenvalue weighted by Crippen LogP contribution is -2.33. The summed E-state index contributed by atoms with van der Waals surface area (Å²) in [5.74, 6) is 0.650. The Balaban J connectivity index is 1.46. The molecule has 2 atom stereocenters. The van der Waals surface area contributed by atoms with Crippen molar-refractivity contribution in [3.63, 3.8) is 0 Å². The van der Waals surface area contributed by atoms with Crippen molar-refractivity contribution in [3.05, 3.63) is 118 Å². The van der Waals surface area contributed by atoms with E-state index in [2.05, 4.69) is 14.7 Å². The Kier molecular flexibility index (Phi) is 8.82. The van der Waals surface area contributed by atoms with Crippen molar-refractivity contribution in [2.24, 2.45) is 0 Å². The van der Waals surface area contributed by atoms with E-state index in [-0.39, 0.29) is 16.7 Å². The van der Waals surface area contributed by atoms with E-state index >= 15 is 0 Å². The highest BCUT2D eigenvalue weighted by molar-refractivity contribution is 7.89. The van der Waals surface area contributed by atoms with Gasteiger partial charge in [-0.3, -0.25) is 4.79 Å². The molecule has 0 fully saturated rings. The fraction of sp³-hybridized carbons (Fsp3) is 0.281. The lowest BCUT2D eigenvalue weighted by molar-refractivity contribution is -0.119. The smallest absolute Gasteiger partial charge is 0.241 e. The Labute approximate surface area is 246 Å². The average Bonchev–Trinajstić information content (AvgIpc) is 2.97. The van der Waals surface area contributed by atoms with Gasteiger partial charge in [0.1, 0.15) is 5.82 Å². The maximum Gasteiger partial charge on any atom is 0.241 e. The number of hydrogen-bond donors (Lipinski definition) is 1. The summed E-state index contributed by atoms with van der Waals surface area (Å²) in [7, 11) is -3.81. The second-order valence-electron chi connectivity index (χ2n) is 10.5. The molecule has 41 heavy (non-hydrogen) atoms. The Hall–Kier alpha value is -3.59. The number of carbonyl (C=O) groups excluding carboxylic acids is 1. The van der Waals surface area contributed by atoms with Gasteiger partial charge >= 0.3 is 0 Å². The largest absolute Gasteiger partial charge is 0.308 e. The normalized spacial score (nSPS) is 15.6. The lowest BCUT2D eigenvalue weighted by atomic mass is 9.87. The van der Waals surface area contributed by atoms with Crippen molar-refractivity contribution in [1.82, 2.24) is 14.7 Å². The maximum absolute atomic E-state index is 13.9. The standard InChI is InChI=1S/C32H33ClN4O3S/c1-22(25-8-4-3-5-9-25)16-32(38)37(21-24-19-34-23(2)35-20-24)28-15-14-26-10-6-13-31(30(26)18-28)36-41(39,40)29-12-7-11-27(33)17-29/h3-5,7-9,11-12,14-15,17-20,22,31,36H,6,10,13,16,21H2,1-2H3/t22-,31-/m1/s1. The van der Waals surface area contributed by atoms with Crippen LogP contribution in [0.25, 0.3) is 0 Å². The van der Waals surface area contributed by atoms with Gasteiger partial charge in [-0.25, -0.2) is 23.1 Å². The van der Waals surface area contributed by atoms with Crippen LogP contribution in [0.15, 0.2) is 90.1 Å². The molecule has 0 aliphatic heterocycles. The summed E-state index contributed by atoms with van der Waals surface area (Å²) in [4.78, 5) is 24.4. The molecule has 5 rings (SSSR count). The summed E-state index contributed by atoms with van der Waals surface area (Å²) in [6.07, 6.45) is 6.15. The summed E-state index contributed by atoms with van der Waals surface area (Å²) in [6, 6.07) is 21.7. The molecule has 9 heteroatoms. The molecule has 0 saturated heterocycles. The van der Waals surface area contributed by atoms with Crippen LogP contribution in [0.3, 0.4) is 0 Å². The highest BCUT2D eigenvalue weighted by atomic mass is 35.5. The Bertz CT molecular complexity index is 1630. The maximum atomic E-state index is 13.9. The van der Waals surface area contributed by atoms with Crippen molar-refractivity contribution in [3.8, 4) is 0 Å². The van der Waals surface area contributed by atoms with Crippen LogP contribution >= 0.6 is 11.6 Å². The first-order valence-electron chi connectivity index (χ1n) is 13.7. The average molecular weight is 589 g/mol. The monoisotopic (exact) mass is 588 g/mol. The van der Waals surface area contributed by atoms with Crippen LogP contribution in [0.1, 0.15) is 66.2 Å². The molecular weight excluding hydrogens is 556 g/mol. The van der Waals surface area contributed by atoms with Gasteiger partial charge in [-0.05, 0) is 79.1 Å². The van der Waals surface area contributed by atoms with Gasteiger partial charge in [-0.2, -0.15) is 0 Å². The fourth-order valence-corrected chi connectivity index (χ4v) is 6.80. The van der Waals surface area contributed by atoms with Gasteiger partial charge in [-0.15, -0.1) is 0 Å². The number of aromatic nitrogens is 2. The molecule has 0 radical (unpaired) electrons. The molecule has 0 bridgehead atoms. The molecule has 212 valence electrons. The molecule has 1 aromatic heterocycles.